The van der Waals surface area contributed by atoms with Crippen molar-refractivity contribution in [3.05, 3.63) is 22.4 Å². The molecule has 1 atom stereocenters. The lowest BCUT2D eigenvalue weighted by Crippen LogP contribution is -2.54. The number of carbonyl (C=O) groups excluding carboxylic acids is 1. The molecule has 0 saturated carbocycles. The Balaban J connectivity index is 1.88. The molecule has 0 radical (unpaired) electrons. The number of rotatable bonds is 5. The molecule has 18 heavy (non-hydrogen) atoms. The molecule has 0 unspecified atom stereocenters. The molecule has 1 amide bonds. The number of carbonyl (C=O) groups is 2. The van der Waals surface area contributed by atoms with Crippen LogP contribution >= 0.6 is 23.1 Å². The maximum Gasteiger partial charge on any atom is 0.330 e. The zero-order valence-electron chi connectivity index (χ0n) is 9.85. The molecule has 1 saturated heterocycles. The molecule has 2 rings (SSSR count). The molecule has 1 aliphatic rings. The maximum absolute atomic E-state index is 11.8. The Morgan fingerprint density at radius 1 is 1.50 bits per heavy atom. The van der Waals surface area contributed by atoms with Crippen molar-refractivity contribution >= 4 is 35.0 Å². The summed E-state index contributed by atoms with van der Waals surface area (Å²) in [7, 11) is 0. The Bertz CT molecular complexity index is 425. The van der Waals surface area contributed by atoms with Gasteiger partial charge in [0.1, 0.15) is 5.54 Å². The first-order chi connectivity index (χ1) is 8.62. The topological polar surface area (TPSA) is 66.4 Å². The molecular weight excluding hydrogens is 270 g/mol. The van der Waals surface area contributed by atoms with Crippen molar-refractivity contribution in [2.24, 2.45) is 0 Å². The third-order valence-electron chi connectivity index (χ3n) is 2.99. The van der Waals surface area contributed by atoms with Crippen LogP contribution in [0.15, 0.2) is 17.5 Å². The number of carboxylic acid groups (broad SMARTS) is 1. The third-order valence-corrected chi connectivity index (χ3v) is 5.11. The fraction of sp³-hybridized carbons (Fsp3) is 0.500. The van der Waals surface area contributed by atoms with Gasteiger partial charge in [-0.2, -0.15) is 11.8 Å². The van der Waals surface area contributed by atoms with E-state index in [4.69, 9.17) is 0 Å². The second-order valence-electron chi connectivity index (χ2n) is 4.32. The van der Waals surface area contributed by atoms with Crippen molar-refractivity contribution in [3.8, 4) is 0 Å². The molecule has 1 aliphatic heterocycles. The molecule has 0 aromatic carbocycles. The van der Waals surface area contributed by atoms with E-state index in [2.05, 4.69) is 5.32 Å². The molecule has 0 spiro atoms. The van der Waals surface area contributed by atoms with Gasteiger partial charge in [-0.15, -0.1) is 11.3 Å². The molecule has 6 heteroatoms. The van der Waals surface area contributed by atoms with E-state index in [0.717, 1.165) is 10.6 Å². The number of amides is 1. The lowest BCUT2D eigenvalue weighted by Gasteiger charge is -2.24. The van der Waals surface area contributed by atoms with Crippen LogP contribution in [0.1, 0.15) is 17.7 Å². The first kappa shape index (κ1) is 13.4. The second-order valence-corrected chi connectivity index (χ2v) is 6.45. The van der Waals surface area contributed by atoms with E-state index in [-0.39, 0.29) is 5.91 Å². The summed E-state index contributed by atoms with van der Waals surface area (Å²) in [6.07, 6.45) is 1.53. The Morgan fingerprint density at radius 2 is 2.33 bits per heavy atom. The fourth-order valence-electron chi connectivity index (χ4n) is 1.91. The second kappa shape index (κ2) is 5.75. The van der Waals surface area contributed by atoms with Crippen LogP contribution in [0.3, 0.4) is 0 Å². The fourth-order valence-corrected chi connectivity index (χ4v) is 3.94. The van der Waals surface area contributed by atoms with Gasteiger partial charge in [0.05, 0.1) is 0 Å². The highest BCUT2D eigenvalue weighted by Crippen LogP contribution is 2.28. The molecule has 1 aromatic rings. The van der Waals surface area contributed by atoms with Crippen molar-refractivity contribution in [2.45, 2.75) is 24.8 Å². The summed E-state index contributed by atoms with van der Waals surface area (Å²) >= 11 is 3.19. The minimum absolute atomic E-state index is 0.173. The predicted octanol–water partition coefficient (Wildman–Crippen LogP) is 1.76. The van der Waals surface area contributed by atoms with Crippen molar-refractivity contribution in [3.63, 3.8) is 0 Å². The molecule has 1 aromatic heterocycles. The number of hydrogen-bond acceptors (Lipinski definition) is 4. The maximum atomic E-state index is 11.8. The minimum Gasteiger partial charge on any atom is -0.479 e. The quantitative estimate of drug-likeness (QED) is 0.865. The van der Waals surface area contributed by atoms with E-state index in [9.17, 15) is 14.7 Å². The van der Waals surface area contributed by atoms with Crippen LogP contribution in [0.5, 0.6) is 0 Å². The summed E-state index contributed by atoms with van der Waals surface area (Å²) < 4.78 is 0. The molecule has 4 nitrogen and oxygen atoms in total. The highest BCUT2D eigenvalue weighted by Gasteiger charge is 2.43. The Labute approximate surface area is 114 Å². The first-order valence-corrected chi connectivity index (χ1v) is 7.80. The minimum atomic E-state index is -1.04. The van der Waals surface area contributed by atoms with Crippen LogP contribution in [0.25, 0.3) is 0 Å². The Morgan fingerprint density at radius 3 is 2.89 bits per heavy atom. The highest BCUT2D eigenvalue weighted by atomic mass is 32.2. The molecular formula is C12H15NO3S2. The largest absolute Gasteiger partial charge is 0.479 e. The summed E-state index contributed by atoms with van der Waals surface area (Å²) in [5.41, 5.74) is -1.04. The predicted molar refractivity (Wildman–Crippen MR) is 73.1 cm³/mol. The lowest BCUT2D eigenvalue weighted by atomic mass is 9.99. The summed E-state index contributed by atoms with van der Waals surface area (Å²) in [6.45, 7) is 0. The zero-order valence-corrected chi connectivity index (χ0v) is 11.5. The van der Waals surface area contributed by atoms with Crippen molar-refractivity contribution in [1.82, 2.24) is 5.32 Å². The highest BCUT2D eigenvalue weighted by molar-refractivity contribution is 7.99. The summed E-state index contributed by atoms with van der Waals surface area (Å²) in [5, 5.41) is 13.9. The summed E-state index contributed by atoms with van der Waals surface area (Å²) in [5.74, 6) is 0.162. The number of hydrogen-bond donors (Lipinski definition) is 2. The first-order valence-electron chi connectivity index (χ1n) is 5.77. The molecule has 0 aliphatic carbocycles. The van der Waals surface area contributed by atoms with Crippen LogP contribution in [-0.2, 0) is 16.0 Å². The van der Waals surface area contributed by atoms with Crippen LogP contribution in [0.4, 0.5) is 0 Å². The molecule has 2 N–H and O–H groups in total. The molecule has 0 bridgehead atoms. The SMILES string of the molecule is O=C(CCc1cccs1)N[C@]1(C(=O)O)CCSC1. The van der Waals surface area contributed by atoms with Gasteiger partial charge in [0.15, 0.2) is 0 Å². The van der Waals surface area contributed by atoms with Crippen LogP contribution in [0, 0.1) is 0 Å². The summed E-state index contributed by atoms with van der Waals surface area (Å²) in [6, 6.07) is 3.93. The lowest BCUT2D eigenvalue weighted by molar-refractivity contribution is -0.146. The Hall–Kier alpha value is -1.01. The number of aryl methyl sites for hydroxylation is 1. The van der Waals surface area contributed by atoms with Gasteiger partial charge in [-0.3, -0.25) is 4.79 Å². The number of aliphatic carboxylic acids is 1. The van der Waals surface area contributed by atoms with E-state index in [1.165, 1.54) is 0 Å². The zero-order chi connectivity index (χ0) is 13.0. The third kappa shape index (κ3) is 3.05. The monoisotopic (exact) mass is 285 g/mol. The van der Waals surface area contributed by atoms with Crippen molar-refractivity contribution in [1.29, 1.82) is 0 Å². The van der Waals surface area contributed by atoms with Gasteiger partial charge in [-0.25, -0.2) is 4.79 Å². The van der Waals surface area contributed by atoms with E-state index in [1.807, 2.05) is 17.5 Å². The standard InChI is InChI=1S/C12H15NO3S2/c14-10(4-3-9-2-1-6-18-9)13-12(11(15)16)5-7-17-8-12/h1-2,6H,3-5,7-8H2,(H,13,14)(H,15,16)/t12-/m1/s1. The van der Waals surface area contributed by atoms with Crippen LogP contribution < -0.4 is 5.32 Å². The van der Waals surface area contributed by atoms with E-state index >= 15 is 0 Å². The van der Waals surface area contributed by atoms with Gasteiger partial charge in [-0.1, -0.05) is 6.07 Å². The molecule has 98 valence electrons. The van der Waals surface area contributed by atoms with Crippen LogP contribution in [0.2, 0.25) is 0 Å². The van der Waals surface area contributed by atoms with Gasteiger partial charge in [0.25, 0.3) is 0 Å². The average Bonchev–Trinajstić information content (AvgIpc) is 2.97. The van der Waals surface area contributed by atoms with E-state index in [1.54, 1.807) is 23.1 Å². The van der Waals surface area contributed by atoms with E-state index < -0.39 is 11.5 Å². The summed E-state index contributed by atoms with van der Waals surface area (Å²) in [4.78, 5) is 24.2. The van der Waals surface area contributed by atoms with Gasteiger partial charge in [0, 0.05) is 17.1 Å². The number of nitrogens with one attached hydrogen (secondary N) is 1. The van der Waals surface area contributed by atoms with Gasteiger partial charge >= 0.3 is 5.97 Å². The average molecular weight is 285 g/mol. The number of carboxylic acids is 1. The molecule has 1 fully saturated rings. The van der Waals surface area contributed by atoms with Gasteiger partial charge in [-0.05, 0) is 30.0 Å². The molecule has 2 heterocycles. The van der Waals surface area contributed by atoms with Crippen LogP contribution in [-0.4, -0.2) is 34.0 Å². The normalized spacial score (nSPS) is 22.9. The number of thiophene rings is 1. The van der Waals surface area contributed by atoms with Gasteiger partial charge < -0.3 is 10.4 Å². The Kier molecular flexibility index (Phi) is 4.29. The van der Waals surface area contributed by atoms with Crippen molar-refractivity contribution < 1.29 is 14.7 Å². The van der Waals surface area contributed by atoms with E-state index in [0.29, 0.717) is 25.0 Å². The smallest absolute Gasteiger partial charge is 0.330 e. The number of thioether (sulfide) groups is 1. The van der Waals surface area contributed by atoms with Crippen molar-refractivity contribution in [2.75, 3.05) is 11.5 Å². The van der Waals surface area contributed by atoms with Gasteiger partial charge in [0.2, 0.25) is 5.91 Å².